The highest BCUT2D eigenvalue weighted by Gasteiger charge is 2.11. The Morgan fingerprint density at radius 1 is 1.50 bits per heavy atom. The first kappa shape index (κ1) is 3.26. The Morgan fingerprint density at radius 3 is 2.83 bits per heavy atom. The van der Waals surface area contributed by atoms with Crippen LogP contribution >= 0.6 is 27.3 Å². The summed E-state index contributed by atoms with van der Waals surface area (Å²) in [5.74, 6) is 0. The molecule has 66 valence electrons. The first-order valence-electron chi connectivity index (χ1n) is 7.18. The molecule has 0 aliphatic carbocycles. The van der Waals surface area contributed by atoms with Crippen molar-refractivity contribution >= 4 is 32.3 Å². The number of hydrogen-bond acceptors (Lipinski definition) is 3. The fraction of sp³-hybridized carbons (Fsp3) is 0.500. The van der Waals surface area contributed by atoms with Gasteiger partial charge in [0.15, 0.2) is 0 Å². The summed E-state index contributed by atoms with van der Waals surface area (Å²) in [6.07, 6.45) is 0. The van der Waals surface area contributed by atoms with Crippen LogP contribution in [0.25, 0.3) is 0 Å². The number of nitrogens with zero attached hydrogens (tertiary/aromatic N) is 1. The van der Waals surface area contributed by atoms with E-state index in [9.17, 15) is 0 Å². The highest BCUT2D eigenvalue weighted by molar-refractivity contribution is 9.11. The first-order valence-corrected chi connectivity index (χ1v) is 4.79. The average Bonchev–Trinajstić information content (AvgIpc) is 2.60. The lowest BCUT2D eigenvalue weighted by molar-refractivity contribution is 0.592. The molecule has 0 amide bonds. The van der Waals surface area contributed by atoms with E-state index in [4.69, 9.17) is 11.0 Å². The number of piperazine rings is 1. The van der Waals surface area contributed by atoms with E-state index in [1.165, 1.54) is 6.07 Å². The van der Waals surface area contributed by atoms with Gasteiger partial charge in [0.05, 0.1) is 14.3 Å². The van der Waals surface area contributed by atoms with Gasteiger partial charge in [-0.1, -0.05) is 0 Å². The summed E-state index contributed by atoms with van der Waals surface area (Å²) in [7, 11) is 0. The second-order valence-electron chi connectivity index (χ2n) is 2.01. The highest BCUT2D eigenvalue weighted by Crippen LogP contribution is 2.29. The molecule has 0 spiro atoms. The third kappa shape index (κ3) is 1.81. The van der Waals surface area contributed by atoms with E-state index in [-0.39, 0.29) is 5.00 Å². The molecule has 1 aromatic heterocycles. The lowest BCUT2D eigenvalue weighted by Gasteiger charge is -2.27. The van der Waals surface area contributed by atoms with Gasteiger partial charge in [0, 0.05) is 31.5 Å². The lowest BCUT2D eigenvalue weighted by atomic mass is 10.4. The number of thiophene rings is 1. The minimum absolute atomic E-state index is 0.0983. The zero-order valence-corrected chi connectivity index (χ0v) is 8.29. The second-order valence-corrected chi connectivity index (χ2v) is 4.45. The maximum atomic E-state index is 7.90. The van der Waals surface area contributed by atoms with Gasteiger partial charge in [-0.2, -0.15) is 0 Å². The quantitative estimate of drug-likeness (QED) is 0.824. The molecule has 1 saturated heterocycles. The topological polar surface area (TPSA) is 15.3 Å². The van der Waals surface area contributed by atoms with E-state index >= 15 is 0 Å². The third-order valence-corrected chi connectivity index (χ3v) is 2.85. The van der Waals surface area contributed by atoms with Crippen LogP contribution in [0.2, 0.25) is 0 Å². The van der Waals surface area contributed by atoms with Gasteiger partial charge >= 0.3 is 0 Å². The summed E-state index contributed by atoms with van der Waals surface area (Å²) in [6, 6.07) is 2.99. The summed E-state index contributed by atoms with van der Waals surface area (Å²) in [6.45, 7) is -11.1. The van der Waals surface area contributed by atoms with Crippen molar-refractivity contribution in [2.45, 2.75) is 0 Å². The maximum absolute atomic E-state index is 7.90. The Bertz CT molecular complexity index is 504. The third-order valence-electron chi connectivity index (χ3n) is 1.24. The Morgan fingerprint density at radius 2 is 2.25 bits per heavy atom. The molecule has 1 aliphatic rings. The Balaban J connectivity index is 2.64. The normalized spacial score (nSPS) is 44.9. The van der Waals surface area contributed by atoms with Gasteiger partial charge in [0.25, 0.3) is 0 Å². The van der Waals surface area contributed by atoms with Crippen molar-refractivity contribution in [3.05, 3.63) is 15.9 Å². The molecule has 1 fully saturated rings. The van der Waals surface area contributed by atoms with E-state index in [0.717, 1.165) is 11.3 Å². The summed E-state index contributed by atoms with van der Waals surface area (Å²) < 4.78 is 62.9. The molecule has 1 aromatic rings. The fourth-order valence-electron chi connectivity index (χ4n) is 0.762. The van der Waals surface area contributed by atoms with Gasteiger partial charge < -0.3 is 10.2 Å². The average molecular weight is 255 g/mol. The number of rotatable bonds is 1. The number of nitrogens with one attached hydrogen (secondary N) is 1. The zero-order chi connectivity index (χ0) is 15.6. The molecule has 0 radical (unpaired) electrons. The predicted octanol–water partition coefficient (Wildman–Crippen LogP) is 1.92. The molecule has 0 bridgehead atoms. The molecule has 0 aromatic carbocycles. The van der Waals surface area contributed by atoms with Gasteiger partial charge in [-0.15, -0.1) is 11.3 Å². The van der Waals surface area contributed by atoms with Gasteiger partial charge in [0.2, 0.25) is 0 Å². The van der Waals surface area contributed by atoms with E-state index in [2.05, 4.69) is 15.9 Å². The van der Waals surface area contributed by atoms with E-state index in [1.54, 1.807) is 11.4 Å². The second kappa shape index (κ2) is 3.77. The smallest absolute Gasteiger partial charge is 0.0921 e. The van der Waals surface area contributed by atoms with Crippen LogP contribution in [0.5, 0.6) is 0 Å². The van der Waals surface area contributed by atoms with Crippen molar-refractivity contribution in [2.24, 2.45) is 0 Å². The molecule has 2 heterocycles. The Labute approximate surface area is 95.9 Å². The molecule has 0 saturated carbocycles. The number of halogens is 1. The van der Waals surface area contributed by atoms with Crippen LogP contribution in [0.4, 0.5) is 5.00 Å². The van der Waals surface area contributed by atoms with E-state index in [0.29, 0.717) is 8.69 Å². The van der Waals surface area contributed by atoms with Gasteiger partial charge in [-0.25, -0.2) is 0 Å². The monoisotopic (exact) mass is 254 g/mol. The SMILES string of the molecule is [2H]C1([2H])NC([2H])([2H])C([2H])([2H])N(c2ccc(Br)s2)C1([2H])[2H]. The standard InChI is InChI=1S/C8H11BrN2S/c9-7-1-2-8(12-7)11-5-3-10-4-6-11/h1-2,10H,3-6H2/i3D2,4D2,5D2,6D2. The highest BCUT2D eigenvalue weighted by atomic mass is 79.9. The van der Waals surface area contributed by atoms with Crippen LogP contribution in [0.3, 0.4) is 0 Å². The molecule has 2 rings (SSSR count). The Kier molecular flexibility index (Phi) is 1.02. The fourth-order valence-corrected chi connectivity index (χ4v) is 2.05. The Hall–Kier alpha value is -0.0600. The molecule has 2 nitrogen and oxygen atoms in total. The van der Waals surface area contributed by atoms with Crippen molar-refractivity contribution in [2.75, 3.05) is 30.9 Å². The molecule has 4 heteroatoms. The van der Waals surface area contributed by atoms with Crippen LogP contribution in [0.1, 0.15) is 11.0 Å². The van der Waals surface area contributed by atoms with E-state index in [1.807, 2.05) is 0 Å². The van der Waals surface area contributed by atoms with Crippen LogP contribution < -0.4 is 10.2 Å². The van der Waals surface area contributed by atoms with Crippen LogP contribution in [0.15, 0.2) is 15.9 Å². The molecule has 0 atom stereocenters. The van der Waals surface area contributed by atoms with Crippen LogP contribution in [-0.2, 0) is 0 Å². The van der Waals surface area contributed by atoms with Crippen molar-refractivity contribution < 1.29 is 11.0 Å². The molecular formula is C8H11BrN2S. The first-order chi connectivity index (χ1) is 8.83. The van der Waals surface area contributed by atoms with Crippen molar-refractivity contribution in [3.63, 3.8) is 0 Å². The summed E-state index contributed by atoms with van der Waals surface area (Å²) in [5, 5.41) is 1.89. The maximum Gasteiger partial charge on any atom is 0.0921 e. The predicted molar refractivity (Wildman–Crippen MR) is 57.1 cm³/mol. The van der Waals surface area contributed by atoms with Crippen LogP contribution in [-0.4, -0.2) is 26.0 Å². The van der Waals surface area contributed by atoms with E-state index < -0.39 is 26.0 Å². The molecule has 1 N–H and O–H groups in total. The molecule has 0 unspecified atom stereocenters. The summed E-state index contributed by atoms with van der Waals surface area (Å²) in [4.78, 5) is 0.520. The zero-order valence-electron chi connectivity index (χ0n) is 13.9. The molecule has 1 aliphatic heterocycles. The van der Waals surface area contributed by atoms with Crippen molar-refractivity contribution in [1.29, 1.82) is 0 Å². The summed E-state index contributed by atoms with van der Waals surface area (Å²) >= 11 is 4.18. The van der Waals surface area contributed by atoms with Crippen molar-refractivity contribution in [1.82, 2.24) is 5.32 Å². The lowest BCUT2D eigenvalue weighted by Crippen LogP contribution is -2.43. The number of hydrogen-bond donors (Lipinski definition) is 1. The molecular weight excluding hydrogens is 236 g/mol. The largest absolute Gasteiger partial charge is 0.361 e. The minimum atomic E-state index is -2.77. The van der Waals surface area contributed by atoms with Crippen LogP contribution in [0, 0.1) is 0 Å². The van der Waals surface area contributed by atoms with Gasteiger partial charge in [-0.05, 0) is 28.1 Å². The summed E-state index contributed by atoms with van der Waals surface area (Å²) in [5.41, 5.74) is 0. The van der Waals surface area contributed by atoms with Crippen molar-refractivity contribution in [3.8, 4) is 0 Å². The van der Waals surface area contributed by atoms with Gasteiger partial charge in [0.1, 0.15) is 0 Å². The molecule has 12 heavy (non-hydrogen) atoms. The minimum Gasteiger partial charge on any atom is -0.361 e. The van der Waals surface area contributed by atoms with Gasteiger partial charge in [-0.3, -0.25) is 0 Å². The number of anilines is 1.